The molecule has 32 heavy (non-hydrogen) atoms. The Balaban J connectivity index is 1.63. The maximum Gasteiger partial charge on any atom is 0.338 e. The summed E-state index contributed by atoms with van der Waals surface area (Å²) in [5.74, 6) is 0.131. The van der Waals surface area contributed by atoms with Crippen molar-refractivity contribution < 1.29 is 14.1 Å². The van der Waals surface area contributed by atoms with Crippen LogP contribution in [0.5, 0.6) is 0 Å². The maximum atomic E-state index is 12.8. The molecule has 3 heterocycles. The lowest BCUT2D eigenvalue weighted by Gasteiger charge is -2.09. The molecule has 0 atom stereocenters. The van der Waals surface area contributed by atoms with Gasteiger partial charge in [-0.2, -0.15) is 0 Å². The van der Waals surface area contributed by atoms with E-state index in [-0.39, 0.29) is 23.5 Å². The highest BCUT2D eigenvalue weighted by atomic mass is 16.5. The van der Waals surface area contributed by atoms with E-state index in [0.717, 1.165) is 0 Å². The van der Waals surface area contributed by atoms with Crippen LogP contribution in [0.1, 0.15) is 42.8 Å². The normalized spacial score (nSPS) is 11.2. The standard InChI is InChI=1S/C22H23N5O5/c1-3-10-26-19-17(20(28)27(11-4-2)22(26)30)23-18(24-19)16-12-15(32-25-16)13-31-21(29)14-8-6-5-7-9-14/h5-9,12H,3-4,10-11,13H2,1-2H3,(H,23,24). The van der Waals surface area contributed by atoms with Crippen molar-refractivity contribution in [3.63, 3.8) is 0 Å². The minimum Gasteiger partial charge on any atom is -0.454 e. The summed E-state index contributed by atoms with van der Waals surface area (Å²) >= 11 is 0. The number of aryl methyl sites for hydroxylation is 1. The lowest BCUT2D eigenvalue weighted by Crippen LogP contribution is -2.40. The number of rotatable bonds is 8. The first-order valence-electron chi connectivity index (χ1n) is 10.4. The summed E-state index contributed by atoms with van der Waals surface area (Å²) in [6.45, 7) is 4.50. The van der Waals surface area contributed by atoms with E-state index in [1.165, 1.54) is 9.13 Å². The number of aromatic nitrogens is 5. The highest BCUT2D eigenvalue weighted by Gasteiger charge is 2.19. The topological polar surface area (TPSA) is 125 Å². The van der Waals surface area contributed by atoms with Crippen molar-refractivity contribution in [1.29, 1.82) is 0 Å². The Morgan fingerprint density at radius 2 is 1.81 bits per heavy atom. The van der Waals surface area contributed by atoms with Gasteiger partial charge in [-0.25, -0.2) is 14.6 Å². The third kappa shape index (κ3) is 3.98. The number of nitrogens with one attached hydrogen (secondary N) is 1. The first kappa shape index (κ1) is 21.3. The average molecular weight is 437 g/mol. The highest BCUT2D eigenvalue weighted by molar-refractivity contribution is 5.89. The van der Waals surface area contributed by atoms with E-state index in [1.54, 1.807) is 30.3 Å². The van der Waals surface area contributed by atoms with Gasteiger partial charge >= 0.3 is 11.7 Å². The van der Waals surface area contributed by atoms with Crippen molar-refractivity contribution in [3.05, 3.63) is 68.6 Å². The Morgan fingerprint density at radius 3 is 2.53 bits per heavy atom. The van der Waals surface area contributed by atoms with Gasteiger partial charge in [0.05, 0.1) is 5.56 Å². The number of imidazole rings is 1. The summed E-state index contributed by atoms with van der Waals surface area (Å²) in [6, 6.07) is 10.2. The smallest absolute Gasteiger partial charge is 0.338 e. The molecule has 0 bridgehead atoms. The summed E-state index contributed by atoms with van der Waals surface area (Å²) in [5.41, 5.74) is 0.493. The fourth-order valence-electron chi connectivity index (χ4n) is 3.42. The number of ether oxygens (including phenoxy) is 1. The van der Waals surface area contributed by atoms with Crippen LogP contribution in [-0.2, 0) is 24.4 Å². The average Bonchev–Trinajstić information content (AvgIpc) is 3.46. The van der Waals surface area contributed by atoms with Gasteiger partial charge in [-0.3, -0.25) is 13.9 Å². The van der Waals surface area contributed by atoms with Gasteiger partial charge in [-0.05, 0) is 25.0 Å². The molecule has 3 aromatic heterocycles. The van der Waals surface area contributed by atoms with Gasteiger partial charge in [0, 0.05) is 19.2 Å². The summed E-state index contributed by atoms with van der Waals surface area (Å²) in [7, 11) is 0. The third-order valence-corrected chi connectivity index (χ3v) is 4.91. The summed E-state index contributed by atoms with van der Waals surface area (Å²) in [6.07, 6.45) is 1.37. The molecule has 0 saturated carbocycles. The van der Waals surface area contributed by atoms with Crippen LogP contribution in [0.4, 0.5) is 0 Å². The second kappa shape index (κ2) is 9.04. The zero-order chi connectivity index (χ0) is 22.7. The minimum absolute atomic E-state index is 0.106. The third-order valence-electron chi connectivity index (χ3n) is 4.91. The van der Waals surface area contributed by atoms with Crippen molar-refractivity contribution in [2.45, 2.75) is 46.4 Å². The Labute approximate surface area is 182 Å². The van der Waals surface area contributed by atoms with E-state index in [9.17, 15) is 14.4 Å². The van der Waals surface area contributed by atoms with E-state index in [1.807, 2.05) is 19.9 Å². The second-order valence-corrected chi connectivity index (χ2v) is 7.30. The molecule has 0 amide bonds. The number of benzene rings is 1. The number of fused-ring (bicyclic) bond motifs is 1. The molecule has 10 heteroatoms. The molecule has 1 N–H and O–H groups in total. The second-order valence-electron chi connectivity index (χ2n) is 7.30. The number of hydrogen-bond donors (Lipinski definition) is 1. The molecule has 0 spiro atoms. The zero-order valence-electron chi connectivity index (χ0n) is 17.8. The molecule has 0 aliphatic carbocycles. The van der Waals surface area contributed by atoms with Crippen molar-refractivity contribution >= 4 is 17.1 Å². The Hall–Kier alpha value is -3.95. The number of carbonyl (C=O) groups excluding carboxylic acids is 1. The molecular formula is C22H23N5O5. The molecule has 0 fully saturated rings. The monoisotopic (exact) mass is 437 g/mol. The van der Waals surface area contributed by atoms with Gasteiger partial charge in [-0.15, -0.1) is 0 Å². The van der Waals surface area contributed by atoms with E-state index in [4.69, 9.17) is 9.26 Å². The van der Waals surface area contributed by atoms with Crippen molar-refractivity contribution in [1.82, 2.24) is 24.3 Å². The number of nitrogens with zero attached hydrogens (tertiary/aromatic N) is 4. The lowest BCUT2D eigenvalue weighted by atomic mass is 10.2. The molecule has 0 radical (unpaired) electrons. The van der Waals surface area contributed by atoms with Gasteiger partial charge in [0.2, 0.25) is 0 Å². The van der Waals surface area contributed by atoms with E-state index in [0.29, 0.717) is 48.8 Å². The molecule has 0 aliphatic heterocycles. The van der Waals surface area contributed by atoms with Crippen LogP contribution in [0.15, 0.2) is 50.5 Å². The first-order chi connectivity index (χ1) is 15.5. The summed E-state index contributed by atoms with van der Waals surface area (Å²) in [4.78, 5) is 45.1. The van der Waals surface area contributed by atoms with Crippen LogP contribution in [0, 0.1) is 0 Å². The Bertz CT molecular complexity index is 1360. The fourth-order valence-corrected chi connectivity index (χ4v) is 3.42. The van der Waals surface area contributed by atoms with Gasteiger partial charge in [-0.1, -0.05) is 37.2 Å². The SMILES string of the molecule is CCCn1c(=O)c2[nH]c(-c3cc(COC(=O)c4ccccc4)on3)nc2n(CCC)c1=O. The molecule has 4 rings (SSSR count). The largest absolute Gasteiger partial charge is 0.454 e. The van der Waals surface area contributed by atoms with Gasteiger partial charge in [0.25, 0.3) is 5.56 Å². The first-order valence-corrected chi connectivity index (χ1v) is 10.4. The van der Waals surface area contributed by atoms with Crippen LogP contribution >= 0.6 is 0 Å². The zero-order valence-corrected chi connectivity index (χ0v) is 17.8. The molecule has 0 aliphatic rings. The molecule has 166 valence electrons. The Kier molecular flexibility index (Phi) is 6.02. The number of esters is 1. The quantitative estimate of drug-likeness (QED) is 0.420. The highest BCUT2D eigenvalue weighted by Crippen LogP contribution is 2.19. The molecule has 10 nitrogen and oxygen atoms in total. The predicted octanol–water partition coefficient (Wildman–Crippen LogP) is 2.72. The van der Waals surface area contributed by atoms with Gasteiger partial charge < -0.3 is 14.2 Å². The van der Waals surface area contributed by atoms with Crippen LogP contribution in [0.3, 0.4) is 0 Å². The summed E-state index contributed by atoms with van der Waals surface area (Å²) in [5, 5.41) is 3.96. The number of H-pyrrole nitrogens is 1. The van der Waals surface area contributed by atoms with Crippen LogP contribution < -0.4 is 11.2 Å². The molecule has 4 aromatic rings. The predicted molar refractivity (Wildman–Crippen MR) is 116 cm³/mol. The van der Waals surface area contributed by atoms with Crippen molar-refractivity contribution in [2.75, 3.05) is 0 Å². The maximum absolute atomic E-state index is 12.8. The summed E-state index contributed by atoms with van der Waals surface area (Å²) < 4.78 is 13.2. The molecule has 0 saturated heterocycles. The van der Waals surface area contributed by atoms with E-state index in [2.05, 4.69) is 15.1 Å². The van der Waals surface area contributed by atoms with Gasteiger partial charge in [0.15, 0.2) is 23.8 Å². The molecular weight excluding hydrogens is 414 g/mol. The van der Waals surface area contributed by atoms with Gasteiger partial charge in [0.1, 0.15) is 11.2 Å². The van der Waals surface area contributed by atoms with Crippen LogP contribution in [0.2, 0.25) is 0 Å². The van der Waals surface area contributed by atoms with Crippen LogP contribution in [0.25, 0.3) is 22.7 Å². The molecule has 0 unspecified atom stereocenters. The van der Waals surface area contributed by atoms with Crippen LogP contribution in [-0.4, -0.2) is 30.2 Å². The Morgan fingerprint density at radius 1 is 1.09 bits per heavy atom. The molecule has 1 aromatic carbocycles. The van der Waals surface area contributed by atoms with E-state index >= 15 is 0 Å². The number of hydrogen-bond acceptors (Lipinski definition) is 7. The lowest BCUT2D eigenvalue weighted by molar-refractivity contribution is 0.0437. The number of aromatic amines is 1. The fraction of sp³-hybridized carbons (Fsp3) is 0.318. The van der Waals surface area contributed by atoms with Crippen molar-refractivity contribution in [3.8, 4) is 11.5 Å². The number of carbonyl (C=O) groups is 1. The van der Waals surface area contributed by atoms with Crippen molar-refractivity contribution in [2.24, 2.45) is 0 Å². The minimum atomic E-state index is -0.479. The van der Waals surface area contributed by atoms with E-state index < -0.39 is 11.5 Å².